The minimum absolute atomic E-state index is 0.0710. The topological polar surface area (TPSA) is 3.24 Å². The quantitative estimate of drug-likeness (QED) is 0.562. The Labute approximate surface area is 67.7 Å². The van der Waals surface area contributed by atoms with Crippen molar-refractivity contribution in [3.05, 3.63) is 0 Å². The predicted octanol–water partition coefficient (Wildman–Crippen LogP) is 1.48. The highest BCUT2D eigenvalue weighted by Gasteiger charge is 2.07. The fourth-order valence-electron chi connectivity index (χ4n) is 1.17. The average molecular weight is 159 g/mol. The van der Waals surface area contributed by atoms with Gasteiger partial charge in [0.1, 0.15) is 0 Å². The van der Waals surface area contributed by atoms with Gasteiger partial charge in [0.15, 0.2) is 0 Å². The number of rotatable bonds is 4. The second-order valence-electron chi connectivity index (χ2n) is 3.58. The lowest BCUT2D eigenvalue weighted by molar-refractivity contribution is 0.331. The van der Waals surface area contributed by atoms with Gasteiger partial charge in [-0.05, 0) is 18.5 Å². The van der Waals surface area contributed by atoms with E-state index in [-0.39, 0.29) is 9.68 Å². The van der Waals surface area contributed by atoms with Crippen LogP contribution in [0.4, 0.5) is 0 Å². The molecule has 2 heteroatoms. The van der Waals surface area contributed by atoms with Crippen molar-refractivity contribution >= 4 is 9.68 Å². The van der Waals surface area contributed by atoms with E-state index in [1.165, 1.54) is 6.54 Å². The van der Waals surface area contributed by atoms with E-state index in [0.29, 0.717) is 0 Å². The summed E-state index contributed by atoms with van der Waals surface area (Å²) < 4.78 is 2.63. The molecule has 10 heavy (non-hydrogen) atoms. The molecule has 0 aromatic carbocycles. The van der Waals surface area contributed by atoms with Crippen LogP contribution in [0.25, 0.3) is 0 Å². The molecule has 0 heterocycles. The molecular formula is C8H21NSi. The van der Waals surface area contributed by atoms with Gasteiger partial charge in [-0.1, -0.05) is 34.2 Å². The summed E-state index contributed by atoms with van der Waals surface area (Å²) in [5.74, 6) is 0.829. The molecule has 0 fully saturated rings. The van der Waals surface area contributed by atoms with Crippen molar-refractivity contribution in [3.8, 4) is 0 Å². The molecule has 0 atom stereocenters. The Morgan fingerprint density at radius 3 is 1.80 bits per heavy atom. The summed E-state index contributed by atoms with van der Waals surface area (Å²) in [6, 6.07) is 0.763. The van der Waals surface area contributed by atoms with Crippen molar-refractivity contribution in [2.45, 2.75) is 40.3 Å². The smallest absolute Gasteiger partial charge is 0.0923 e. The van der Waals surface area contributed by atoms with E-state index in [9.17, 15) is 0 Å². The lowest BCUT2D eigenvalue weighted by Gasteiger charge is -2.26. The molecule has 0 aliphatic heterocycles. The van der Waals surface area contributed by atoms with Gasteiger partial charge in [-0.25, -0.2) is 0 Å². The van der Waals surface area contributed by atoms with Crippen LogP contribution >= 0.6 is 0 Å². The zero-order valence-electron chi connectivity index (χ0n) is 8.02. The van der Waals surface area contributed by atoms with E-state index in [1.54, 1.807) is 0 Å². The molecule has 62 valence electrons. The molecule has 0 bridgehead atoms. The molecule has 0 saturated carbocycles. The van der Waals surface area contributed by atoms with Crippen LogP contribution in [0.3, 0.4) is 0 Å². The first-order valence-corrected chi connectivity index (χ1v) is 6.36. The molecule has 0 rings (SSSR count). The van der Waals surface area contributed by atoms with Crippen LogP contribution < -0.4 is 0 Å². The van der Waals surface area contributed by atoms with Gasteiger partial charge in [0.05, 0.1) is 9.68 Å². The Morgan fingerprint density at radius 2 is 1.70 bits per heavy atom. The Hall–Kier alpha value is 0.177. The minimum atomic E-state index is 0.0710. The number of hydrogen-bond acceptors (Lipinski definition) is 1. The Morgan fingerprint density at radius 1 is 1.20 bits per heavy atom. The lowest BCUT2D eigenvalue weighted by atomic mass is 10.2. The van der Waals surface area contributed by atoms with E-state index in [4.69, 9.17) is 0 Å². The van der Waals surface area contributed by atoms with Gasteiger partial charge in [-0.15, -0.1) is 0 Å². The minimum Gasteiger partial charge on any atom is -0.327 e. The van der Waals surface area contributed by atoms with Gasteiger partial charge in [0.25, 0.3) is 0 Å². The zero-order valence-corrected chi connectivity index (χ0v) is 9.43. The maximum Gasteiger partial charge on any atom is 0.0923 e. The van der Waals surface area contributed by atoms with Gasteiger partial charge in [0.2, 0.25) is 0 Å². The highest BCUT2D eigenvalue weighted by Crippen LogP contribution is 2.01. The van der Waals surface area contributed by atoms with Gasteiger partial charge in [-0.3, -0.25) is 0 Å². The second kappa shape index (κ2) is 4.91. The lowest BCUT2D eigenvalue weighted by Crippen LogP contribution is -2.35. The van der Waals surface area contributed by atoms with Crippen molar-refractivity contribution in [1.29, 1.82) is 0 Å². The van der Waals surface area contributed by atoms with E-state index in [0.717, 1.165) is 12.0 Å². The van der Waals surface area contributed by atoms with Crippen molar-refractivity contribution in [2.75, 3.05) is 6.54 Å². The first kappa shape index (κ1) is 10.2. The third kappa shape index (κ3) is 4.07. The van der Waals surface area contributed by atoms with Crippen molar-refractivity contribution in [2.24, 2.45) is 5.92 Å². The predicted molar refractivity (Wildman–Crippen MR) is 51.1 cm³/mol. The first-order chi connectivity index (χ1) is 4.57. The Bertz CT molecular complexity index is 81.3. The zero-order chi connectivity index (χ0) is 8.15. The van der Waals surface area contributed by atoms with E-state index in [2.05, 4.69) is 38.8 Å². The molecule has 0 spiro atoms. The molecule has 0 N–H and O–H groups in total. The van der Waals surface area contributed by atoms with Crippen molar-refractivity contribution in [1.82, 2.24) is 4.57 Å². The highest BCUT2D eigenvalue weighted by atomic mass is 28.2. The van der Waals surface area contributed by atoms with Crippen LogP contribution in [0.1, 0.15) is 27.7 Å². The maximum atomic E-state index is 2.63. The highest BCUT2D eigenvalue weighted by molar-refractivity contribution is 6.29. The van der Waals surface area contributed by atoms with E-state index in [1.807, 2.05) is 0 Å². The number of hydrogen-bond donors (Lipinski definition) is 0. The summed E-state index contributed by atoms with van der Waals surface area (Å²) in [5, 5.41) is 0. The largest absolute Gasteiger partial charge is 0.327 e. The molecule has 0 radical (unpaired) electrons. The fraction of sp³-hybridized carbons (Fsp3) is 1.00. The first-order valence-electron chi connectivity index (χ1n) is 4.32. The molecule has 0 aromatic rings. The summed E-state index contributed by atoms with van der Waals surface area (Å²) in [6.45, 7) is 12.8. The molecule has 0 aliphatic rings. The van der Waals surface area contributed by atoms with Crippen LogP contribution in [0.2, 0.25) is 6.55 Å². The summed E-state index contributed by atoms with van der Waals surface area (Å²) in [4.78, 5) is 0. The van der Waals surface area contributed by atoms with Crippen molar-refractivity contribution in [3.63, 3.8) is 0 Å². The molecule has 0 saturated heterocycles. The SMILES string of the molecule is C[SiH2]N(CC(C)C)C(C)C. The molecular weight excluding hydrogens is 138 g/mol. The second-order valence-corrected chi connectivity index (χ2v) is 5.02. The van der Waals surface area contributed by atoms with Crippen molar-refractivity contribution < 1.29 is 0 Å². The van der Waals surface area contributed by atoms with E-state index >= 15 is 0 Å². The standard InChI is InChI=1S/C8H21NSi/c1-7(2)6-9(10-5)8(3)4/h7-8H,6,10H2,1-5H3. The van der Waals surface area contributed by atoms with Crippen LogP contribution in [0, 0.1) is 5.92 Å². The van der Waals surface area contributed by atoms with Crippen LogP contribution in [-0.4, -0.2) is 26.8 Å². The average Bonchev–Trinajstić information content (AvgIpc) is 1.81. The van der Waals surface area contributed by atoms with Gasteiger partial charge in [0, 0.05) is 0 Å². The number of nitrogens with zero attached hydrogens (tertiary/aromatic N) is 1. The summed E-state index contributed by atoms with van der Waals surface area (Å²) in [5.41, 5.74) is 0. The van der Waals surface area contributed by atoms with Crippen LogP contribution in [0.15, 0.2) is 0 Å². The fourth-order valence-corrected chi connectivity index (χ4v) is 2.68. The van der Waals surface area contributed by atoms with Gasteiger partial charge >= 0.3 is 0 Å². The summed E-state index contributed by atoms with van der Waals surface area (Å²) in [7, 11) is 0.0710. The van der Waals surface area contributed by atoms with Crippen LogP contribution in [0.5, 0.6) is 0 Å². The monoisotopic (exact) mass is 159 g/mol. The maximum absolute atomic E-state index is 2.63. The molecule has 1 nitrogen and oxygen atoms in total. The summed E-state index contributed by atoms with van der Waals surface area (Å²) >= 11 is 0. The molecule has 0 aliphatic carbocycles. The summed E-state index contributed by atoms with van der Waals surface area (Å²) in [6.07, 6.45) is 0. The third-order valence-corrected chi connectivity index (χ3v) is 3.54. The van der Waals surface area contributed by atoms with E-state index < -0.39 is 0 Å². The van der Waals surface area contributed by atoms with Gasteiger partial charge < -0.3 is 4.57 Å². The van der Waals surface area contributed by atoms with Gasteiger partial charge in [-0.2, -0.15) is 0 Å². The molecule has 0 amide bonds. The molecule has 0 unspecified atom stereocenters. The third-order valence-electron chi connectivity index (χ3n) is 1.74. The van der Waals surface area contributed by atoms with Crippen LogP contribution in [-0.2, 0) is 0 Å². The Kier molecular flexibility index (Phi) is 5.00. The normalized spacial score (nSPS) is 13.2. The molecule has 0 aromatic heterocycles. The Balaban J connectivity index is 3.60.